The molecule has 1 aromatic heterocycles. The Bertz CT molecular complexity index is 911. The van der Waals surface area contributed by atoms with Gasteiger partial charge in [0, 0.05) is 50.4 Å². The Morgan fingerprint density at radius 2 is 1.97 bits per heavy atom. The van der Waals surface area contributed by atoms with Gasteiger partial charge in [-0.25, -0.2) is 8.78 Å². The van der Waals surface area contributed by atoms with E-state index in [1.54, 1.807) is 13.1 Å². The molecule has 1 amide bonds. The number of hydrogen-bond donors (Lipinski definition) is 3. The van der Waals surface area contributed by atoms with Crippen molar-refractivity contribution in [2.45, 2.75) is 38.8 Å². The molecule has 32 heavy (non-hydrogen) atoms. The molecule has 0 radical (unpaired) electrons. The lowest BCUT2D eigenvalue weighted by atomic mass is 10.0. The number of aryl methyl sites for hydroxylation is 1. The van der Waals surface area contributed by atoms with Crippen molar-refractivity contribution in [3.8, 4) is 0 Å². The highest BCUT2D eigenvalue weighted by atomic mass is 19.1. The maximum atomic E-state index is 14.0. The van der Waals surface area contributed by atoms with Gasteiger partial charge in [-0.05, 0) is 50.9 Å². The summed E-state index contributed by atoms with van der Waals surface area (Å²) in [5.41, 5.74) is 0.923. The van der Waals surface area contributed by atoms with Gasteiger partial charge in [0.2, 0.25) is 0 Å². The number of nitrogens with one attached hydrogen (secondary N) is 3. The zero-order valence-corrected chi connectivity index (χ0v) is 18.6. The van der Waals surface area contributed by atoms with Crippen molar-refractivity contribution in [2.75, 3.05) is 33.2 Å². The number of halogens is 2. The van der Waals surface area contributed by atoms with E-state index in [1.807, 2.05) is 6.92 Å². The minimum Gasteiger partial charge on any atom is -0.459 e. The average Bonchev–Trinajstić information content (AvgIpc) is 3.21. The molecule has 174 valence electrons. The quantitative estimate of drug-likeness (QED) is 0.329. The van der Waals surface area contributed by atoms with E-state index in [4.69, 9.17) is 4.42 Å². The van der Waals surface area contributed by atoms with E-state index in [-0.39, 0.29) is 24.1 Å². The van der Waals surface area contributed by atoms with E-state index in [0.29, 0.717) is 31.4 Å². The first-order valence-corrected chi connectivity index (χ1v) is 10.9. The average molecular weight is 448 g/mol. The standard InChI is InChI=1S/C23H31F2N5O2/c1-16-9-13-32-21(16)22(31)27-10-5-11-28-23(26-2)29-17-6-4-12-30(14-17)15-18-19(24)7-3-8-20(18)25/h3,7-9,13,17H,4-6,10-12,14-15H2,1-2H3,(H,27,31)(H2,26,28,29). The molecule has 9 heteroatoms. The van der Waals surface area contributed by atoms with E-state index >= 15 is 0 Å². The second kappa shape index (κ2) is 11.6. The summed E-state index contributed by atoms with van der Waals surface area (Å²) in [7, 11) is 1.70. The fourth-order valence-corrected chi connectivity index (χ4v) is 3.79. The van der Waals surface area contributed by atoms with Gasteiger partial charge in [0.1, 0.15) is 11.6 Å². The maximum Gasteiger partial charge on any atom is 0.287 e. The van der Waals surface area contributed by atoms with E-state index < -0.39 is 11.6 Å². The van der Waals surface area contributed by atoms with Crippen molar-refractivity contribution in [3.63, 3.8) is 0 Å². The molecule has 3 N–H and O–H groups in total. The van der Waals surface area contributed by atoms with Crippen molar-refractivity contribution in [1.29, 1.82) is 0 Å². The van der Waals surface area contributed by atoms with Gasteiger partial charge in [-0.3, -0.25) is 14.7 Å². The third-order valence-electron chi connectivity index (χ3n) is 5.51. The lowest BCUT2D eigenvalue weighted by molar-refractivity contribution is 0.0925. The summed E-state index contributed by atoms with van der Waals surface area (Å²) in [5, 5.41) is 9.47. The Kier molecular flexibility index (Phi) is 8.61. The van der Waals surface area contributed by atoms with Gasteiger partial charge in [-0.15, -0.1) is 0 Å². The number of rotatable bonds is 8. The van der Waals surface area contributed by atoms with E-state index in [2.05, 4.69) is 25.8 Å². The summed E-state index contributed by atoms with van der Waals surface area (Å²) in [4.78, 5) is 18.3. The molecule has 7 nitrogen and oxygen atoms in total. The first-order valence-electron chi connectivity index (χ1n) is 10.9. The van der Waals surface area contributed by atoms with Crippen LogP contribution in [-0.4, -0.2) is 56.0 Å². The van der Waals surface area contributed by atoms with Crippen molar-refractivity contribution in [3.05, 3.63) is 59.1 Å². The Morgan fingerprint density at radius 1 is 1.22 bits per heavy atom. The number of hydrogen-bond acceptors (Lipinski definition) is 4. The Hall–Kier alpha value is -2.94. The Labute approximate surface area is 187 Å². The number of furan rings is 1. The van der Waals surface area contributed by atoms with Crippen LogP contribution in [0.5, 0.6) is 0 Å². The number of aliphatic imine (C=N–C) groups is 1. The number of carbonyl (C=O) groups is 1. The maximum absolute atomic E-state index is 14.0. The Balaban J connectivity index is 1.39. The minimum atomic E-state index is -0.508. The molecule has 2 heterocycles. The van der Waals surface area contributed by atoms with Gasteiger partial charge in [-0.2, -0.15) is 0 Å². The molecule has 1 unspecified atom stereocenters. The molecule has 0 saturated carbocycles. The van der Waals surface area contributed by atoms with Gasteiger partial charge in [-0.1, -0.05) is 6.07 Å². The molecule has 1 saturated heterocycles. The number of piperidine rings is 1. The molecule has 1 aliphatic heterocycles. The van der Waals surface area contributed by atoms with Crippen molar-refractivity contribution in [2.24, 2.45) is 4.99 Å². The summed E-state index contributed by atoms with van der Waals surface area (Å²) in [6.07, 6.45) is 4.11. The highest BCUT2D eigenvalue weighted by Gasteiger charge is 2.22. The highest BCUT2D eigenvalue weighted by molar-refractivity contribution is 5.92. The predicted molar refractivity (Wildman–Crippen MR) is 120 cm³/mol. The third-order valence-corrected chi connectivity index (χ3v) is 5.51. The molecular formula is C23H31F2N5O2. The predicted octanol–water partition coefficient (Wildman–Crippen LogP) is 2.82. The molecule has 0 aliphatic carbocycles. The van der Waals surface area contributed by atoms with Gasteiger partial charge in [0.25, 0.3) is 5.91 Å². The van der Waals surface area contributed by atoms with Crippen LogP contribution in [-0.2, 0) is 6.54 Å². The smallest absolute Gasteiger partial charge is 0.287 e. The van der Waals surface area contributed by atoms with Crippen LogP contribution in [0.4, 0.5) is 8.78 Å². The summed E-state index contributed by atoms with van der Waals surface area (Å²) in [5.74, 6) is -0.225. The molecular weight excluding hydrogens is 416 g/mol. The lowest BCUT2D eigenvalue weighted by Gasteiger charge is -2.34. The zero-order chi connectivity index (χ0) is 22.9. The summed E-state index contributed by atoms with van der Waals surface area (Å²) >= 11 is 0. The summed E-state index contributed by atoms with van der Waals surface area (Å²) in [6, 6.07) is 5.86. The van der Waals surface area contributed by atoms with Crippen LogP contribution in [0.25, 0.3) is 0 Å². The summed E-state index contributed by atoms with van der Waals surface area (Å²) in [6.45, 7) is 4.69. The number of guanidine groups is 1. The molecule has 2 aromatic rings. The van der Waals surface area contributed by atoms with E-state index in [0.717, 1.165) is 31.4 Å². The molecule has 3 rings (SSSR count). The molecule has 1 fully saturated rings. The highest BCUT2D eigenvalue weighted by Crippen LogP contribution is 2.18. The van der Waals surface area contributed by atoms with Crippen LogP contribution in [0.15, 0.2) is 39.9 Å². The molecule has 0 bridgehead atoms. The fraction of sp³-hybridized carbons (Fsp3) is 0.478. The monoisotopic (exact) mass is 447 g/mol. The van der Waals surface area contributed by atoms with Crippen molar-refractivity contribution < 1.29 is 18.0 Å². The van der Waals surface area contributed by atoms with Crippen LogP contribution in [0.3, 0.4) is 0 Å². The van der Waals surface area contributed by atoms with E-state index in [1.165, 1.54) is 24.5 Å². The first kappa shape index (κ1) is 23.7. The van der Waals surface area contributed by atoms with Crippen LogP contribution in [0.2, 0.25) is 0 Å². The summed E-state index contributed by atoms with van der Waals surface area (Å²) < 4.78 is 33.1. The number of amides is 1. The lowest BCUT2D eigenvalue weighted by Crippen LogP contribution is -2.51. The number of carbonyl (C=O) groups excluding carboxylic acids is 1. The minimum absolute atomic E-state index is 0.113. The van der Waals surface area contributed by atoms with Gasteiger partial charge in [0.05, 0.1) is 6.26 Å². The topological polar surface area (TPSA) is 81.9 Å². The first-order chi connectivity index (χ1) is 15.5. The van der Waals surface area contributed by atoms with Crippen molar-refractivity contribution >= 4 is 11.9 Å². The fourth-order valence-electron chi connectivity index (χ4n) is 3.79. The Morgan fingerprint density at radius 3 is 2.66 bits per heavy atom. The zero-order valence-electron chi connectivity index (χ0n) is 18.6. The largest absolute Gasteiger partial charge is 0.459 e. The van der Waals surface area contributed by atoms with Gasteiger partial charge in [0.15, 0.2) is 11.7 Å². The van der Waals surface area contributed by atoms with Gasteiger partial charge >= 0.3 is 0 Å². The van der Waals surface area contributed by atoms with E-state index in [9.17, 15) is 13.6 Å². The normalized spacial score (nSPS) is 17.2. The van der Waals surface area contributed by atoms with Crippen LogP contribution >= 0.6 is 0 Å². The van der Waals surface area contributed by atoms with Crippen LogP contribution in [0.1, 0.15) is 40.9 Å². The molecule has 1 aromatic carbocycles. The van der Waals surface area contributed by atoms with Crippen molar-refractivity contribution in [1.82, 2.24) is 20.9 Å². The molecule has 1 aliphatic rings. The molecule has 1 atom stereocenters. The van der Waals surface area contributed by atoms with Crippen LogP contribution in [0, 0.1) is 18.6 Å². The second-order valence-electron chi connectivity index (χ2n) is 7.96. The number of likely N-dealkylation sites (tertiary alicyclic amines) is 1. The number of benzene rings is 1. The SMILES string of the molecule is CN=C(NCCCNC(=O)c1occc1C)NC1CCCN(Cc2c(F)cccc2F)C1. The number of nitrogens with zero attached hydrogens (tertiary/aromatic N) is 2. The second-order valence-corrected chi connectivity index (χ2v) is 7.96. The van der Waals surface area contributed by atoms with Gasteiger partial charge < -0.3 is 20.4 Å². The third kappa shape index (κ3) is 6.53. The van der Waals surface area contributed by atoms with Crippen LogP contribution < -0.4 is 16.0 Å². The molecule has 0 spiro atoms.